The predicted molar refractivity (Wildman–Crippen MR) is 122 cm³/mol. The van der Waals surface area contributed by atoms with Crippen LogP contribution in [0.3, 0.4) is 0 Å². The van der Waals surface area contributed by atoms with E-state index < -0.39 is 0 Å². The standard InChI is InChI=1S/C21H30N4O.HI/c1-22-21(23-12-11-20-6-5-15-26-20)24-16-18-7-9-19(10-8-18)17-25-13-3-2-4-14-25;/h5-10,15H,2-4,11-14,16-17H2,1H3,(H2,22,23,24);1H. The first-order chi connectivity index (χ1) is 12.8. The van der Waals surface area contributed by atoms with Crippen molar-refractivity contribution in [3.63, 3.8) is 0 Å². The number of nitrogens with one attached hydrogen (secondary N) is 2. The van der Waals surface area contributed by atoms with E-state index in [-0.39, 0.29) is 24.0 Å². The maximum Gasteiger partial charge on any atom is 0.191 e. The van der Waals surface area contributed by atoms with Crippen molar-refractivity contribution in [3.05, 3.63) is 59.5 Å². The van der Waals surface area contributed by atoms with Crippen molar-refractivity contribution in [1.29, 1.82) is 0 Å². The van der Waals surface area contributed by atoms with Crippen molar-refractivity contribution >= 4 is 29.9 Å². The Hall–Kier alpha value is -1.54. The number of rotatable bonds is 7. The third kappa shape index (κ3) is 7.54. The number of guanidine groups is 1. The molecule has 2 N–H and O–H groups in total. The van der Waals surface area contributed by atoms with E-state index in [1.807, 2.05) is 12.1 Å². The number of benzene rings is 1. The molecule has 0 saturated carbocycles. The molecular weight excluding hydrogens is 451 g/mol. The van der Waals surface area contributed by atoms with Gasteiger partial charge < -0.3 is 15.1 Å². The SMILES string of the molecule is CN=C(NCCc1ccco1)NCc1ccc(CN2CCCCC2)cc1.I. The molecule has 2 aromatic rings. The molecule has 1 aromatic carbocycles. The van der Waals surface area contributed by atoms with E-state index in [0.717, 1.165) is 37.8 Å². The zero-order valence-corrected chi connectivity index (χ0v) is 18.4. The van der Waals surface area contributed by atoms with Crippen LogP contribution in [0.2, 0.25) is 0 Å². The van der Waals surface area contributed by atoms with Crippen molar-refractivity contribution in [3.8, 4) is 0 Å². The Morgan fingerprint density at radius 2 is 1.78 bits per heavy atom. The Labute approximate surface area is 179 Å². The van der Waals surface area contributed by atoms with Crippen molar-refractivity contribution in [2.45, 2.75) is 38.8 Å². The van der Waals surface area contributed by atoms with Gasteiger partial charge in [0.05, 0.1) is 6.26 Å². The van der Waals surface area contributed by atoms with Crippen LogP contribution in [0.1, 0.15) is 36.1 Å². The number of hydrogen-bond acceptors (Lipinski definition) is 3. The van der Waals surface area contributed by atoms with Crippen LogP contribution in [0, 0.1) is 0 Å². The molecule has 6 heteroatoms. The van der Waals surface area contributed by atoms with Gasteiger partial charge in [0.25, 0.3) is 0 Å². The van der Waals surface area contributed by atoms with E-state index in [4.69, 9.17) is 4.42 Å². The molecule has 148 valence electrons. The highest BCUT2D eigenvalue weighted by Crippen LogP contribution is 2.13. The summed E-state index contributed by atoms with van der Waals surface area (Å²) >= 11 is 0. The summed E-state index contributed by atoms with van der Waals surface area (Å²) < 4.78 is 5.34. The van der Waals surface area contributed by atoms with Gasteiger partial charge in [-0.2, -0.15) is 0 Å². The summed E-state index contributed by atoms with van der Waals surface area (Å²) in [6, 6.07) is 12.8. The van der Waals surface area contributed by atoms with Gasteiger partial charge in [0.1, 0.15) is 5.76 Å². The molecule has 1 fully saturated rings. The first-order valence-corrected chi connectivity index (χ1v) is 9.60. The molecule has 5 nitrogen and oxygen atoms in total. The monoisotopic (exact) mass is 482 g/mol. The summed E-state index contributed by atoms with van der Waals surface area (Å²) in [6.45, 7) is 5.11. The average Bonchev–Trinajstić information content (AvgIpc) is 3.20. The van der Waals surface area contributed by atoms with Gasteiger partial charge in [-0.25, -0.2) is 0 Å². The van der Waals surface area contributed by atoms with Crippen LogP contribution in [0.5, 0.6) is 0 Å². The first-order valence-electron chi connectivity index (χ1n) is 9.60. The summed E-state index contributed by atoms with van der Waals surface area (Å²) in [5.41, 5.74) is 2.66. The lowest BCUT2D eigenvalue weighted by Crippen LogP contribution is -2.37. The Morgan fingerprint density at radius 3 is 2.44 bits per heavy atom. The molecule has 0 radical (unpaired) electrons. The highest BCUT2D eigenvalue weighted by atomic mass is 127. The van der Waals surface area contributed by atoms with Crippen LogP contribution >= 0.6 is 24.0 Å². The van der Waals surface area contributed by atoms with Gasteiger partial charge >= 0.3 is 0 Å². The van der Waals surface area contributed by atoms with E-state index in [9.17, 15) is 0 Å². The number of hydrogen-bond donors (Lipinski definition) is 2. The Kier molecular flexibility index (Phi) is 9.69. The number of likely N-dealkylation sites (tertiary alicyclic amines) is 1. The van der Waals surface area contributed by atoms with Gasteiger partial charge in [-0.15, -0.1) is 24.0 Å². The third-order valence-corrected chi connectivity index (χ3v) is 4.81. The molecular formula is C21H31IN4O. The van der Waals surface area contributed by atoms with E-state index >= 15 is 0 Å². The van der Waals surface area contributed by atoms with E-state index in [2.05, 4.69) is 44.8 Å². The predicted octanol–water partition coefficient (Wildman–Crippen LogP) is 3.79. The Bertz CT molecular complexity index is 664. The minimum Gasteiger partial charge on any atom is -0.469 e. The number of halogens is 1. The average molecular weight is 482 g/mol. The number of piperidine rings is 1. The lowest BCUT2D eigenvalue weighted by atomic mass is 10.1. The molecule has 2 heterocycles. The quantitative estimate of drug-likeness (QED) is 0.358. The fraction of sp³-hybridized carbons (Fsp3) is 0.476. The Morgan fingerprint density at radius 1 is 1.04 bits per heavy atom. The zero-order chi connectivity index (χ0) is 18.0. The van der Waals surface area contributed by atoms with Gasteiger partial charge in [0.2, 0.25) is 0 Å². The fourth-order valence-electron chi connectivity index (χ4n) is 3.30. The fourth-order valence-corrected chi connectivity index (χ4v) is 3.30. The van der Waals surface area contributed by atoms with Crippen LogP contribution in [0.4, 0.5) is 0 Å². The molecule has 1 aliphatic rings. The second-order valence-corrected chi connectivity index (χ2v) is 6.84. The highest BCUT2D eigenvalue weighted by molar-refractivity contribution is 14.0. The van der Waals surface area contributed by atoms with E-state index in [1.165, 1.54) is 43.5 Å². The number of nitrogens with zero attached hydrogens (tertiary/aromatic N) is 2. The van der Waals surface area contributed by atoms with Crippen molar-refractivity contribution in [1.82, 2.24) is 15.5 Å². The number of aliphatic imine (C=N–C) groups is 1. The zero-order valence-electron chi connectivity index (χ0n) is 16.1. The van der Waals surface area contributed by atoms with Gasteiger partial charge in [0.15, 0.2) is 5.96 Å². The smallest absolute Gasteiger partial charge is 0.191 e. The molecule has 0 spiro atoms. The molecule has 1 aromatic heterocycles. The third-order valence-electron chi connectivity index (χ3n) is 4.81. The van der Waals surface area contributed by atoms with Gasteiger partial charge in [-0.3, -0.25) is 9.89 Å². The van der Waals surface area contributed by atoms with Crippen LogP contribution in [0.15, 0.2) is 52.1 Å². The van der Waals surface area contributed by atoms with E-state index in [0.29, 0.717) is 0 Å². The summed E-state index contributed by atoms with van der Waals surface area (Å²) in [5.74, 6) is 1.80. The highest BCUT2D eigenvalue weighted by Gasteiger charge is 2.10. The maximum absolute atomic E-state index is 5.34. The van der Waals surface area contributed by atoms with Crippen LogP contribution in [0.25, 0.3) is 0 Å². The van der Waals surface area contributed by atoms with Crippen molar-refractivity contribution in [2.24, 2.45) is 4.99 Å². The lowest BCUT2D eigenvalue weighted by molar-refractivity contribution is 0.221. The molecule has 0 bridgehead atoms. The number of furan rings is 1. The van der Waals surface area contributed by atoms with Crippen molar-refractivity contribution in [2.75, 3.05) is 26.7 Å². The van der Waals surface area contributed by atoms with Gasteiger partial charge in [0, 0.05) is 33.1 Å². The molecule has 0 amide bonds. The molecule has 3 rings (SSSR count). The Balaban J connectivity index is 0.00000261. The lowest BCUT2D eigenvalue weighted by Gasteiger charge is -2.26. The van der Waals surface area contributed by atoms with Crippen molar-refractivity contribution < 1.29 is 4.42 Å². The summed E-state index contributed by atoms with van der Waals surface area (Å²) in [6.07, 6.45) is 6.62. The molecule has 0 atom stereocenters. The molecule has 1 saturated heterocycles. The summed E-state index contributed by atoms with van der Waals surface area (Å²) in [7, 11) is 1.80. The largest absolute Gasteiger partial charge is 0.469 e. The van der Waals surface area contributed by atoms with E-state index in [1.54, 1.807) is 13.3 Å². The topological polar surface area (TPSA) is 52.8 Å². The van der Waals surface area contributed by atoms with Crippen LogP contribution < -0.4 is 10.6 Å². The molecule has 0 aliphatic carbocycles. The van der Waals surface area contributed by atoms with Gasteiger partial charge in [-0.1, -0.05) is 30.7 Å². The second-order valence-electron chi connectivity index (χ2n) is 6.84. The molecule has 1 aliphatic heterocycles. The first kappa shape index (κ1) is 21.8. The summed E-state index contributed by atoms with van der Waals surface area (Å²) in [4.78, 5) is 6.83. The molecule has 0 unspecified atom stereocenters. The van der Waals surface area contributed by atoms with Crippen LogP contribution in [-0.2, 0) is 19.5 Å². The summed E-state index contributed by atoms with van der Waals surface area (Å²) in [5, 5.41) is 6.68. The van der Waals surface area contributed by atoms with Gasteiger partial charge in [-0.05, 0) is 49.2 Å². The maximum atomic E-state index is 5.34. The minimum absolute atomic E-state index is 0. The second kappa shape index (κ2) is 12.0. The minimum atomic E-state index is 0. The molecule has 27 heavy (non-hydrogen) atoms. The van der Waals surface area contributed by atoms with Crippen LogP contribution in [-0.4, -0.2) is 37.5 Å². The normalized spacial score (nSPS) is 15.2.